The van der Waals surface area contributed by atoms with Gasteiger partial charge in [-0.3, -0.25) is 4.79 Å². The highest BCUT2D eigenvalue weighted by Gasteiger charge is 2.12. The molecule has 0 bridgehead atoms. The van der Waals surface area contributed by atoms with Gasteiger partial charge in [-0.25, -0.2) is 5.43 Å². The fourth-order valence-corrected chi connectivity index (χ4v) is 1.85. The quantitative estimate of drug-likeness (QED) is 0.687. The van der Waals surface area contributed by atoms with E-state index in [2.05, 4.69) is 10.5 Å². The average Bonchev–Trinajstić information content (AvgIpc) is 2.78. The number of para-hydroxylation sites is 1. The summed E-state index contributed by atoms with van der Waals surface area (Å²) in [6.45, 7) is 3.54. The Morgan fingerprint density at radius 1 is 1.35 bits per heavy atom. The molecule has 0 aliphatic carbocycles. The predicted molar refractivity (Wildman–Crippen MR) is 76.2 cm³/mol. The van der Waals surface area contributed by atoms with Gasteiger partial charge in [0.2, 0.25) is 0 Å². The molecule has 0 unspecified atom stereocenters. The fourth-order valence-electron chi connectivity index (χ4n) is 1.85. The molecular formula is C15H16N2O3. The zero-order chi connectivity index (χ0) is 14.5. The molecule has 20 heavy (non-hydrogen) atoms. The highest BCUT2D eigenvalue weighted by molar-refractivity contribution is 5.96. The van der Waals surface area contributed by atoms with Gasteiger partial charge in [0.25, 0.3) is 5.91 Å². The summed E-state index contributed by atoms with van der Waals surface area (Å²) in [7, 11) is 1.59. The average molecular weight is 272 g/mol. The summed E-state index contributed by atoms with van der Waals surface area (Å²) in [5, 5.41) is 3.93. The fraction of sp³-hybridized carbons (Fsp3) is 0.200. The van der Waals surface area contributed by atoms with Gasteiger partial charge >= 0.3 is 0 Å². The Morgan fingerprint density at radius 2 is 2.10 bits per heavy atom. The van der Waals surface area contributed by atoms with Crippen LogP contribution in [0.5, 0.6) is 5.75 Å². The molecule has 1 aromatic heterocycles. The van der Waals surface area contributed by atoms with Crippen LogP contribution in [0.4, 0.5) is 0 Å². The van der Waals surface area contributed by atoms with Crippen molar-refractivity contribution in [2.75, 3.05) is 7.11 Å². The van der Waals surface area contributed by atoms with E-state index in [1.165, 1.54) is 0 Å². The van der Waals surface area contributed by atoms with Gasteiger partial charge in [0.05, 0.1) is 18.9 Å². The van der Waals surface area contributed by atoms with Crippen molar-refractivity contribution in [2.24, 2.45) is 5.10 Å². The number of hydrazone groups is 1. The van der Waals surface area contributed by atoms with Crippen molar-refractivity contribution in [1.29, 1.82) is 0 Å². The van der Waals surface area contributed by atoms with E-state index in [4.69, 9.17) is 9.15 Å². The zero-order valence-electron chi connectivity index (χ0n) is 11.6. The predicted octanol–water partition coefficient (Wildman–Crippen LogP) is 2.67. The number of carbonyl (C=O) groups excluding carboxylic acids is 1. The molecule has 1 amide bonds. The van der Waals surface area contributed by atoms with Crippen molar-refractivity contribution in [1.82, 2.24) is 5.43 Å². The lowest BCUT2D eigenvalue weighted by atomic mass is 10.2. The van der Waals surface area contributed by atoms with Crippen LogP contribution in [0.3, 0.4) is 0 Å². The monoisotopic (exact) mass is 272 g/mol. The van der Waals surface area contributed by atoms with Gasteiger partial charge in [-0.2, -0.15) is 5.10 Å². The molecule has 1 heterocycles. The Labute approximate surface area is 117 Å². The molecule has 0 radical (unpaired) electrons. The van der Waals surface area contributed by atoms with Crippen LogP contribution < -0.4 is 10.2 Å². The van der Waals surface area contributed by atoms with Crippen molar-refractivity contribution >= 4 is 12.1 Å². The number of ether oxygens (including phenoxy) is 1. The van der Waals surface area contributed by atoms with Gasteiger partial charge in [-0.15, -0.1) is 0 Å². The highest BCUT2D eigenvalue weighted by Crippen LogP contribution is 2.15. The van der Waals surface area contributed by atoms with Gasteiger partial charge in [0, 0.05) is 5.56 Å². The minimum atomic E-state index is -0.300. The van der Waals surface area contributed by atoms with Crippen molar-refractivity contribution in [3.63, 3.8) is 0 Å². The van der Waals surface area contributed by atoms with Crippen LogP contribution in [0.15, 0.2) is 39.9 Å². The SMILES string of the molecule is COc1ccccc1/C=N\NC(=O)c1cc(C)oc1C. The zero-order valence-corrected chi connectivity index (χ0v) is 11.6. The van der Waals surface area contributed by atoms with Gasteiger partial charge in [-0.1, -0.05) is 12.1 Å². The van der Waals surface area contributed by atoms with E-state index in [9.17, 15) is 4.79 Å². The van der Waals surface area contributed by atoms with E-state index in [0.29, 0.717) is 22.8 Å². The lowest BCUT2D eigenvalue weighted by molar-refractivity contribution is 0.0953. The summed E-state index contributed by atoms with van der Waals surface area (Å²) in [5.41, 5.74) is 3.74. The van der Waals surface area contributed by atoms with Gasteiger partial charge in [0.1, 0.15) is 17.3 Å². The number of rotatable bonds is 4. The summed E-state index contributed by atoms with van der Waals surface area (Å²) >= 11 is 0. The number of hydrogen-bond acceptors (Lipinski definition) is 4. The van der Waals surface area contributed by atoms with E-state index in [-0.39, 0.29) is 5.91 Å². The lowest BCUT2D eigenvalue weighted by Crippen LogP contribution is -2.17. The number of nitrogens with zero attached hydrogens (tertiary/aromatic N) is 1. The first-order valence-corrected chi connectivity index (χ1v) is 6.15. The number of methoxy groups -OCH3 is 1. The third-order valence-electron chi connectivity index (χ3n) is 2.79. The molecule has 0 fully saturated rings. The third kappa shape index (κ3) is 3.06. The molecule has 2 aromatic rings. The summed E-state index contributed by atoms with van der Waals surface area (Å²) < 4.78 is 10.5. The Hall–Kier alpha value is -2.56. The second-order valence-corrected chi connectivity index (χ2v) is 4.27. The molecule has 0 atom stereocenters. The maximum atomic E-state index is 11.9. The van der Waals surface area contributed by atoms with Crippen molar-refractivity contribution in [2.45, 2.75) is 13.8 Å². The molecule has 5 heteroatoms. The molecule has 0 aliphatic heterocycles. The largest absolute Gasteiger partial charge is 0.496 e. The number of furan rings is 1. The van der Waals surface area contributed by atoms with E-state index < -0.39 is 0 Å². The third-order valence-corrected chi connectivity index (χ3v) is 2.79. The Bertz CT molecular complexity index is 644. The van der Waals surface area contributed by atoms with Crippen LogP contribution in [-0.2, 0) is 0 Å². The van der Waals surface area contributed by atoms with Crippen LogP contribution >= 0.6 is 0 Å². The Kier molecular flexibility index (Phi) is 4.20. The van der Waals surface area contributed by atoms with E-state index in [1.54, 1.807) is 33.2 Å². The van der Waals surface area contributed by atoms with E-state index in [0.717, 1.165) is 5.56 Å². The Balaban J connectivity index is 2.06. The maximum absolute atomic E-state index is 11.9. The van der Waals surface area contributed by atoms with Crippen molar-refractivity contribution in [3.05, 3.63) is 53.0 Å². The molecule has 0 spiro atoms. The molecule has 5 nitrogen and oxygen atoms in total. The maximum Gasteiger partial charge on any atom is 0.274 e. The van der Waals surface area contributed by atoms with Crippen LogP contribution in [0.25, 0.3) is 0 Å². The summed E-state index contributed by atoms with van der Waals surface area (Å²) in [4.78, 5) is 11.9. The molecule has 0 saturated heterocycles. The molecule has 0 saturated carbocycles. The number of nitrogens with one attached hydrogen (secondary N) is 1. The van der Waals surface area contributed by atoms with Crippen LogP contribution in [0.1, 0.15) is 27.4 Å². The minimum absolute atomic E-state index is 0.300. The number of aryl methyl sites for hydroxylation is 2. The van der Waals surface area contributed by atoms with Gasteiger partial charge in [0.15, 0.2) is 0 Å². The smallest absolute Gasteiger partial charge is 0.274 e. The first-order valence-electron chi connectivity index (χ1n) is 6.15. The molecule has 0 aliphatic rings. The topological polar surface area (TPSA) is 63.8 Å². The first kappa shape index (κ1) is 13.9. The highest BCUT2D eigenvalue weighted by atomic mass is 16.5. The second kappa shape index (κ2) is 6.06. The van der Waals surface area contributed by atoms with Crippen LogP contribution in [-0.4, -0.2) is 19.2 Å². The molecule has 2 rings (SSSR count). The van der Waals surface area contributed by atoms with Crippen LogP contribution in [0.2, 0.25) is 0 Å². The van der Waals surface area contributed by atoms with Crippen molar-refractivity contribution < 1.29 is 13.9 Å². The summed E-state index contributed by atoms with van der Waals surface area (Å²) in [6, 6.07) is 9.10. The molecule has 1 aromatic carbocycles. The van der Waals surface area contributed by atoms with Crippen LogP contribution in [0, 0.1) is 13.8 Å². The standard InChI is InChI=1S/C15H16N2O3/c1-10-8-13(11(2)20-10)15(18)17-16-9-12-6-4-5-7-14(12)19-3/h4-9H,1-3H3,(H,17,18)/b16-9-. The number of benzene rings is 1. The minimum Gasteiger partial charge on any atom is -0.496 e. The summed E-state index contributed by atoms with van der Waals surface area (Å²) in [6.07, 6.45) is 1.54. The Morgan fingerprint density at radius 3 is 2.75 bits per heavy atom. The molecule has 104 valence electrons. The van der Waals surface area contributed by atoms with Gasteiger partial charge < -0.3 is 9.15 Å². The second-order valence-electron chi connectivity index (χ2n) is 4.27. The number of amides is 1. The number of carbonyl (C=O) groups is 1. The molecule has 1 N–H and O–H groups in total. The lowest BCUT2D eigenvalue weighted by Gasteiger charge is -2.03. The molecular weight excluding hydrogens is 256 g/mol. The normalized spacial score (nSPS) is 10.8. The van der Waals surface area contributed by atoms with E-state index in [1.807, 2.05) is 24.3 Å². The summed E-state index contributed by atoms with van der Waals surface area (Å²) in [5.74, 6) is 1.67. The van der Waals surface area contributed by atoms with Gasteiger partial charge in [-0.05, 0) is 32.0 Å². The van der Waals surface area contributed by atoms with Crippen molar-refractivity contribution in [3.8, 4) is 5.75 Å². The van der Waals surface area contributed by atoms with E-state index >= 15 is 0 Å². The number of hydrogen-bond donors (Lipinski definition) is 1. The first-order chi connectivity index (χ1) is 9.61.